The molecule has 0 saturated carbocycles. The Balaban J connectivity index is 2.18. The Kier molecular flexibility index (Phi) is 5.12. The van der Waals surface area contributed by atoms with Crippen LogP contribution in [0, 0.1) is 11.8 Å². The quantitative estimate of drug-likeness (QED) is 0.727. The molecule has 1 unspecified atom stereocenters. The van der Waals surface area contributed by atoms with Gasteiger partial charge in [0.25, 0.3) is 0 Å². The summed E-state index contributed by atoms with van der Waals surface area (Å²) in [5, 5.41) is 0. The predicted molar refractivity (Wildman–Crippen MR) is 56.0 cm³/mol. The van der Waals surface area contributed by atoms with Crippen LogP contribution in [0.4, 0.5) is 0 Å². The molecule has 0 aliphatic carbocycles. The van der Waals surface area contributed by atoms with Crippen molar-refractivity contribution in [2.45, 2.75) is 32.6 Å². The molecule has 1 aliphatic heterocycles. The monoisotopic (exact) mass is 199 g/mol. The number of carbonyl (C=O) groups is 1. The Morgan fingerprint density at radius 3 is 2.71 bits per heavy atom. The first-order valence-electron chi connectivity index (χ1n) is 5.52. The molecule has 0 aromatic rings. The van der Waals surface area contributed by atoms with Gasteiger partial charge in [0, 0.05) is 26.1 Å². The second kappa shape index (κ2) is 6.14. The summed E-state index contributed by atoms with van der Waals surface area (Å²) in [6.45, 7) is 4.29. The maximum Gasteiger partial charge on any atom is 0.133 e. The summed E-state index contributed by atoms with van der Waals surface area (Å²) in [5.74, 6) is 1.26. The summed E-state index contributed by atoms with van der Waals surface area (Å²) in [7, 11) is 0. The standard InChI is InChI=1S/C11H21NO2/c1-9(8-12)6-11(13)7-10-2-4-14-5-3-10/h9-10H,2-8,12H2,1H3. The molecule has 1 saturated heterocycles. The van der Waals surface area contributed by atoms with Gasteiger partial charge < -0.3 is 10.5 Å². The normalized spacial score (nSPS) is 20.7. The predicted octanol–water partition coefficient (Wildman–Crippen LogP) is 1.36. The van der Waals surface area contributed by atoms with E-state index in [1.807, 2.05) is 6.92 Å². The van der Waals surface area contributed by atoms with Gasteiger partial charge in [-0.05, 0) is 31.2 Å². The zero-order chi connectivity index (χ0) is 10.4. The number of rotatable bonds is 5. The second-order valence-electron chi connectivity index (χ2n) is 4.34. The van der Waals surface area contributed by atoms with E-state index in [9.17, 15) is 4.79 Å². The molecule has 0 spiro atoms. The van der Waals surface area contributed by atoms with Crippen LogP contribution in [0.25, 0.3) is 0 Å². The van der Waals surface area contributed by atoms with Crippen molar-refractivity contribution in [3.63, 3.8) is 0 Å². The summed E-state index contributed by atoms with van der Waals surface area (Å²) >= 11 is 0. The van der Waals surface area contributed by atoms with Crippen molar-refractivity contribution in [3.8, 4) is 0 Å². The zero-order valence-electron chi connectivity index (χ0n) is 9.00. The van der Waals surface area contributed by atoms with Crippen LogP contribution in [0.5, 0.6) is 0 Å². The molecule has 14 heavy (non-hydrogen) atoms. The summed E-state index contributed by atoms with van der Waals surface area (Å²) < 4.78 is 5.25. The zero-order valence-corrected chi connectivity index (χ0v) is 9.00. The van der Waals surface area contributed by atoms with Gasteiger partial charge >= 0.3 is 0 Å². The Hall–Kier alpha value is -0.410. The largest absolute Gasteiger partial charge is 0.381 e. The minimum absolute atomic E-state index is 0.336. The van der Waals surface area contributed by atoms with Crippen LogP contribution in [0.15, 0.2) is 0 Å². The fraction of sp³-hybridized carbons (Fsp3) is 0.909. The van der Waals surface area contributed by atoms with Gasteiger partial charge in [0.2, 0.25) is 0 Å². The first-order valence-corrected chi connectivity index (χ1v) is 5.52. The Labute approximate surface area is 86.0 Å². The van der Waals surface area contributed by atoms with Crippen LogP contribution >= 0.6 is 0 Å². The highest BCUT2D eigenvalue weighted by atomic mass is 16.5. The molecule has 3 nitrogen and oxygen atoms in total. The molecule has 2 N–H and O–H groups in total. The van der Waals surface area contributed by atoms with Crippen LogP contribution in [0.1, 0.15) is 32.6 Å². The van der Waals surface area contributed by atoms with Gasteiger partial charge in [0.15, 0.2) is 0 Å². The molecule has 1 heterocycles. The number of hydrogen-bond acceptors (Lipinski definition) is 3. The van der Waals surface area contributed by atoms with Crippen molar-refractivity contribution in [3.05, 3.63) is 0 Å². The molecule has 0 radical (unpaired) electrons. The fourth-order valence-corrected chi connectivity index (χ4v) is 1.83. The van der Waals surface area contributed by atoms with Crippen molar-refractivity contribution in [2.24, 2.45) is 17.6 Å². The van der Waals surface area contributed by atoms with E-state index < -0.39 is 0 Å². The average molecular weight is 199 g/mol. The van der Waals surface area contributed by atoms with Gasteiger partial charge in [-0.3, -0.25) is 4.79 Å². The molecular formula is C11H21NO2. The highest BCUT2D eigenvalue weighted by Crippen LogP contribution is 2.20. The van der Waals surface area contributed by atoms with Crippen LogP contribution in [-0.4, -0.2) is 25.5 Å². The fourth-order valence-electron chi connectivity index (χ4n) is 1.83. The third kappa shape index (κ3) is 4.20. The lowest BCUT2D eigenvalue weighted by molar-refractivity contribution is -0.121. The highest BCUT2D eigenvalue weighted by Gasteiger charge is 2.18. The number of ether oxygens (including phenoxy) is 1. The van der Waals surface area contributed by atoms with Crippen LogP contribution in [0.3, 0.4) is 0 Å². The Morgan fingerprint density at radius 2 is 2.14 bits per heavy atom. The van der Waals surface area contributed by atoms with Gasteiger partial charge in [-0.2, -0.15) is 0 Å². The molecule has 1 rings (SSSR count). The van der Waals surface area contributed by atoms with E-state index in [1.54, 1.807) is 0 Å². The van der Waals surface area contributed by atoms with E-state index in [0.29, 0.717) is 30.6 Å². The molecule has 1 fully saturated rings. The van der Waals surface area contributed by atoms with Crippen molar-refractivity contribution in [2.75, 3.05) is 19.8 Å². The maximum absolute atomic E-state index is 11.6. The molecule has 82 valence electrons. The van der Waals surface area contributed by atoms with Crippen LogP contribution in [-0.2, 0) is 9.53 Å². The van der Waals surface area contributed by atoms with E-state index in [0.717, 1.165) is 32.5 Å². The van der Waals surface area contributed by atoms with Gasteiger partial charge in [0.1, 0.15) is 5.78 Å². The van der Waals surface area contributed by atoms with E-state index in [1.165, 1.54) is 0 Å². The van der Waals surface area contributed by atoms with E-state index in [-0.39, 0.29) is 0 Å². The molecule has 0 aromatic carbocycles. The summed E-state index contributed by atoms with van der Waals surface area (Å²) in [6, 6.07) is 0. The number of Topliss-reactive ketones (excluding diaryl/α,β-unsaturated/α-hetero) is 1. The molecule has 1 atom stereocenters. The van der Waals surface area contributed by atoms with Gasteiger partial charge in [-0.25, -0.2) is 0 Å². The molecule has 0 aromatic heterocycles. The van der Waals surface area contributed by atoms with Crippen LogP contribution < -0.4 is 5.73 Å². The minimum atomic E-state index is 0.336. The lowest BCUT2D eigenvalue weighted by Gasteiger charge is -2.21. The number of nitrogens with two attached hydrogens (primary N) is 1. The summed E-state index contributed by atoms with van der Waals surface area (Å²) in [6.07, 6.45) is 3.47. The summed E-state index contributed by atoms with van der Waals surface area (Å²) in [4.78, 5) is 11.6. The first-order chi connectivity index (χ1) is 6.72. The minimum Gasteiger partial charge on any atom is -0.381 e. The van der Waals surface area contributed by atoms with Gasteiger partial charge in [-0.15, -0.1) is 0 Å². The third-order valence-corrected chi connectivity index (χ3v) is 2.84. The van der Waals surface area contributed by atoms with Crippen molar-refractivity contribution in [1.29, 1.82) is 0 Å². The summed E-state index contributed by atoms with van der Waals surface area (Å²) in [5.41, 5.74) is 5.48. The SMILES string of the molecule is CC(CN)CC(=O)CC1CCOCC1. The van der Waals surface area contributed by atoms with Gasteiger partial charge in [0.05, 0.1) is 0 Å². The topological polar surface area (TPSA) is 52.3 Å². The molecule has 1 aliphatic rings. The third-order valence-electron chi connectivity index (χ3n) is 2.84. The van der Waals surface area contributed by atoms with E-state index >= 15 is 0 Å². The molecule has 0 amide bonds. The Morgan fingerprint density at radius 1 is 1.50 bits per heavy atom. The Bertz CT molecular complexity index is 176. The number of carbonyl (C=O) groups excluding carboxylic acids is 1. The number of ketones is 1. The maximum atomic E-state index is 11.6. The second-order valence-corrected chi connectivity index (χ2v) is 4.34. The van der Waals surface area contributed by atoms with Gasteiger partial charge in [-0.1, -0.05) is 6.92 Å². The average Bonchev–Trinajstić information content (AvgIpc) is 2.19. The smallest absolute Gasteiger partial charge is 0.133 e. The lowest BCUT2D eigenvalue weighted by atomic mass is 9.91. The lowest BCUT2D eigenvalue weighted by Crippen LogP contribution is -2.21. The van der Waals surface area contributed by atoms with Crippen molar-refractivity contribution < 1.29 is 9.53 Å². The highest BCUT2D eigenvalue weighted by molar-refractivity contribution is 5.78. The first kappa shape index (κ1) is 11.7. The molecular weight excluding hydrogens is 178 g/mol. The number of hydrogen-bond donors (Lipinski definition) is 1. The van der Waals surface area contributed by atoms with Crippen molar-refractivity contribution in [1.82, 2.24) is 0 Å². The van der Waals surface area contributed by atoms with E-state index in [4.69, 9.17) is 10.5 Å². The van der Waals surface area contributed by atoms with Crippen molar-refractivity contribution >= 4 is 5.78 Å². The van der Waals surface area contributed by atoms with E-state index in [2.05, 4.69) is 0 Å². The molecule has 3 heteroatoms. The molecule has 0 bridgehead atoms. The van der Waals surface area contributed by atoms with Crippen LogP contribution in [0.2, 0.25) is 0 Å².